The van der Waals surface area contributed by atoms with E-state index in [1.165, 1.54) is 0 Å². The quantitative estimate of drug-likeness (QED) is 0.290. The third-order valence-electron chi connectivity index (χ3n) is 2.10. The maximum atomic E-state index is 11.8. The van der Waals surface area contributed by atoms with Crippen molar-refractivity contribution in [2.75, 3.05) is 5.32 Å². The van der Waals surface area contributed by atoms with Crippen molar-refractivity contribution in [1.29, 1.82) is 0 Å². The molecule has 0 radical (unpaired) electrons. The van der Waals surface area contributed by atoms with Crippen LogP contribution in [0, 0.1) is 0 Å². The molecule has 1 aromatic rings. The van der Waals surface area contributed by atoms with E-state index in [0.29, 0.717) is 11.3 Å². The molecule has 0 atom stereocenters. The Hall–Kier alpha value is -1.76. The average Bonchev–Trinajstić information content (AvgIpc) is 2.25. The molecule has 104 valence electrons. The zero-order valence-corrected chi connectivity index (χ0v) is 12.6. The molecule has 0 spiro atoms. The Bertz CT molecular complexity index is 509. The first-order valence-electron chi connectivity index (χ1n) is 5.59. The maximum absolute atomic E-state index is 11.8. The smallest absolute Gasteiger partial charge is 0.319 e. The second-order valence-corrected chi connectivity index (χ2v) is 5.92. The number of amidine groups is 1. The minimum absolute atomic E-state index is 0.0708. The number of nitrogens with two attached hydrogens (primary N) is 1. The van der Waals surface area contributed by atoms with Crippen LogP contribution in [0.1, 0.15) is 26.3 Å². The highest BCUT2D eigenvalue weighted by Crippen LogP contribution is 2.21. The molecule has 0 aliphatic rings. The predicted molar refractivity (Wildman–Crippen MR) is 78.6 cm³/mol. The van der Waals surface area contributed by atoms with Gasteiger partial charge in [0.15, 0.2) is 5.84 Å². The molecule has 1 rings (SSSR count). The van der Waals surface area contributed by atoms with E-state index in [9.17, 15) is 4.79 Å². The lowest BCUT2D eigenvalue weighted by atomic mass is 10.1. The number of anilines is 1. The number of amides is 2. The first-order chi connectivity index (χ1) is 8.73. The van der Waals surface area contributed by atoms with Crippen LogP contribution < -0.4 is 16.4 Å². The van der Waals surface area contributed by atoms with E-state index in [2.05, 4.69) is 31.7 Å². The topological polar surface area (TPSA) is 99.7 Å². The van der Waals surface area contributed by atoms with Gasteiger partial charge < -0.3 is 21.6 Å². The standard InChI is InChI=1S/C12H17BrN4O2/c1-12(2,3)16-11(18)15-9-6-7(13)4-5-8(9)10(14)17-19/h4-6,19H,1-3H3,(H2,14,17)(H2,15,16,18). The lowest BCUT2D eigenvalue weighted by Gasteiger charge is -2.21. The summed E-state index contributed by atoms with van der Waals surface area (Å²) in [5, 5.41) is 17.1. The van der Waals surface area contributed by atoms with E-state index in [1.807, 2.05) is 20.8 Å². The van der Waals surface area contributed by atoms with Gasteiger partial charge in [-0.15, -0.1) is 0 Å². The van der Waals surface area contributed by atoms with Gasteiger partial charge in [0.2, 0.25) is 0 Å². The van der Waals surface area contributed by atoms with Gasteiger partial charge in [0.25, 0.3) is 0 Å². The molecule has 0 aromatic heterocycles. The summed E-state index contributed by atoms with van der Waals surface area (Å²) in [7, 11) is 0. The van der Waals surface area contributed by atoms with E-state index in [4.69, 9.17) is 10.9 Å². The van der Waals surface area contributed by atoms with Crippen molar-refractivity contribution in [1.82, 2.24) is 5.32 Å². The number of rotatable bonds is 2. The highest BCUT2D eigenvalue weighted by Gasteiger charge is 2.16. The van der Waals surface area contributed by atoms with Crippen LogP contribution in [0.15, 0.2) is 27.8 Å². The van der Waals surface area contributed by atoms with E-state index < -0.39 is 0 Å². The summed E-state index contributed by atoms with van der Waals surface area (Å²) in [6.45, 7) is 5.62. The lowest BCUT2D eigenvalue weighted by Crippen LogP contribution is -2.43. The normalized spacial score (nSPS) is 12.1. The summed E-state index contributed by atoms with van der Waals surface area (Å²) in [5.41, 5.74) is 6.10. The van der Waals surface area contributed by atoms with E-state index in [0.717, 1.165) is 4.47 Å². The number of hydrogen-bond donors (Lipinski definition) is 4. The summed E-state index contributed by atoms with van der Waals surface area (Å²) in [6.07, 6.45) is 0. The third-order valence-corrected chi connectivity index (χ3v) is 2.60. The molecule has 2 amide bonds. The fraction of sp³-hybridized carbons (Fsp3) is 0.333. The first-order valence-corrected chi connectivity index (χ1v) is 6.39. The molecule has 0 fully saturated rings. The van der Waals surface area contributed by atoms with E-state index in [1.54, 1.807) is 18.2 Å². The van der Waals surface area contributed by atoms with Gasteiger partial charge in [0.05, 0.1) is 5.69 Å². The summed E-state index contributed by atoms with van der Waals surface area (Å²) >= 11 is 3.30. The van der Waals surface area contributed by atoms with Gasteiger partial charge in [0, 0.05) is 15.6 Å². The highest BCUT2D eigenvalue weighted by atomic mass is 79.9. The largest absolute Gasteiger partial charge is 0.409 e. The molecule has 0 aliphatic carbocycles. The molecule has 0 saturated heterocycles. The monoisotopic (exact) mass is 328 g/mol. The van der Waals surface area contributed by atoms with Crippen LogP contribution >= 0.6 is 15.9 Å². The molecule has 19 heavy (non-hydrogen) atoms. The number of urea groups is 1. The zero-order valence-electron chi connectivity index (χ0n) is 11.0. The Morgan fingerprint density at radius 2 is 2.05 bits per heavy atom. The second-order valence-electron chi connectivity index (χ2n) is 5.00. The second kappa shape index (κ2) is 5.92. The number of nitrogens with zero attached hydrogens (tertiary/aromatic N) is 1. The highest BCUT2D eigenvalue weighted by molar-refractivity contribution is 9.10. The van der Waals surface area contributed by atoms with Crippen molar-refractivity contribution in [3.63, 3.8) is 0 Å². The van der Waals surface area contributed by atoms with Crippen molar-refractivity contribution in [2.45, 2.75) is 26.3 Å². The SMILES string of the molecule is CC(C)(C)NC(=O)Nc1cc(Br)ccc1/C(N)=N/O. The van der Waals surface area contributed by atoms with Crippen LogP contribution in [-0.4, -0.2) is 22.6 Å². The molecule has 0 bridgehead atoms. The molecule has 0 heterocycles. The molecule has 6 nitrogen and oxygen atoms in total. The lowest BCUT2D eigenvalue weighted by molar-refractivity contribution is 0.244. The number of benzene rings is 1. The van der Waals surface area contributed by atoms with Gasteiger partial charge in [-0.3, -0.25) is 0 Å². The molecular weight excluding hydrogens is 312 g/mol. The Labute approximate surface area is 120 Å². The van der Waals surface area contributed by atoms with Gasteiger partial charge in [0.1, 0.15) is 0 Å². The first kappa shape index (κ1) is 15.3. The van der Waals surface area contributed by atoms with Crippen molar-refractivity contribution in [2.24, 2.45) is 10.9 Å². The van der Waals surface area contributed by atoms with Gasteiger partial charge >= 0.3 is 6.03 Å². The summed E-state index contributed by atoms with van der Waals surface area (Å²) < 4.78 is 0.771. The van der Waals surface area contributed by atoms with Crippen LogP contribution in [0.3, 0.4) is 0 Å². The number of oxime groups is 1. The van der Waals surface area contributed by atoms with E-state index >= 15 is 0 Å². The number of carbonyl (C=O) groups excluding carboxylic acids is 1. The summed E-state index contributed by atoms with van der Waals surface area (Å²) in [5.74, 6) is -0.0708. The minimum Gasteiger partial charge on any atom is -0.409 e. The number of halogens is 1. The number of carbonyl (C=O) groups is 1. The third kappa shape index (κ3) is 4.78. The van der Waals surface area contributed by atoms with Crippen LogP contribution in [0.5, 0.6) is 0 Å². The molecule has 5 N–H and O–H groups in total. The average molecular weight is 329 g/mol. The van der Waals surface area contributed by atoms with Gasteiger partial charge in [-0.05, 0) is 39.0 Å². The van der Waals surface area contributed by atoms with Crippen LogP contribution in [-0.2, 0) is 0 Å². The summed E-state index contributed by atoms with van der Waals surface area (Å²) in [6, 6.07) is 4.69. The van der Waals surface area contributed by atoms with Gasteiger partial charge in [-0.1, -0.05) is 21.1 Å². The molecule has 1 aromatic carbocycles. The Morgan fingerprint density at radius 1 is 1.42 bits per heavy atom. The summed E-state index contributed by atoms with van der Waals surface area (Å²) in [4.78, 5) is 11.8. The predicted octanol–water partition coefficient (Wildman–Crippen LogP) is 2.46. The van der Waals surface area contributed by atoms with Crippen molar-refractivity contribution in [3.05, 3.63) is 28.2 Å². The fourth-order valence-electron chi connectivity index (χ4n) is 1.39. The van der Waals surface area contributed by atoms with Crippen molar-refractivity contribution in [3.8, 4) is 0 Å². The molecule has 0 unspecified atom stereocenters. The maximum Gasteiger partial charge on any atom is 0.319 e. The minimum atomic E-state index is -0.363. The van der Waals surface area contributed by atoms with Crippen LogP contribution in [0.25, 0.3) is 0 Å². The Balaban J connectivity index is 3.00. The van der Waals surface area contributed by atoms with Crippen molar-refractivity contribution < 1.29 is 10.0 Å². The molecular formula is C12H17BrN4O2. The van der Waals surface area contributed by atoms with Crippen molar-refractivity contribution >= 4 is 33.5 Å². The molecule has 0 saturated carbocycles. The Morgan fingerprint density at radius 3 is 2.58 bits per heavy atom. The van der Waals surface area contributed by atoms with Crippen LogP contribution in [0.4, 0.5) is 10.5 Å². The molecule has 0 aliphatic heterocycles. The fourth-order valence-corrected chi connectivity index (χ4v) is 1.75. The Kier molecular flexibility index (Phi) is 4.77. The van der Waals surface area contributed by atoms with Gasteiger partial charge in [-0.25, -0.2) is 4.79 Å². The number of hydrogen-bond acceptors (Lipinski definition) is 3. The zero-order chi connectivity index (χ0) is 14.6. The van der Waals surface area contributed by atoms with E-state index in [-0.39, 0.29) is 17.4 Å². The molecule has 7 heteroatoms. The number of nitrogens with one attached hydrogen (secondary N) is 2. The van der Waals surface area contributed by atoms with Crippen LogP contribution in [0.2, 0.25) is 0 Å². The van der Waals surface area contributed by atoms with Gasteiger partial charge in [-0.2, -0.15) is 0 Å².